The minimum absolute atomic E-state index is 0.282. The molecular weight excluding hydrogens is 314 g/mol. The summed E-state index contributed by atoms with van der Waals surface area (Å²) in [5.74, 6) is 0.883. The molecule has 2 aromatic rings. The fourth-order valence-corrected chi connectivity index (χ4v) is 1.91. The maximum Gasteiger partial charge on any atom is 0.321 e. The first kappa shape index (κ1) is 13.7. The van der Waals surface area contributed by atoms with Gasteiger partial charge in [-0.15, -0.1) is 5.10 Å². The van der Waals surface area contributed by atoms with E-state index in [2.05, 4.69) is 46.5 Å². The summed E-state index contributed by atoms with van der Waals surface area (Å²) in [5.41, 5.74) is 0.667. The molecular formula is C10H14BrN7O. The molecule has 0 bridgehead atoms. The van der Waals surface area contributed by atoms with Crippen LogP contribution < -0.4 is 10.1 Å². The van der Waals surface area contributed by atoms with Gasteiger partial charge in [0.05, 0.1) is 6.61 Å². The molecule has 0 fully saturated rings. The minimum Gasteiger partial charge on any atom is -0.463 e. The average molecular weight is 328 g/mol. The van der Waals surface area contributed by atoms with Gasteiger partial charge < -0.3 is 10.1 Å². The Morgan fingerprint density at radius 2 is 2.11 bits per heavy atom. The van der Waals surface area contributed by atoms with Crippen LogP contribution in [0, 0.1) is 0 Å². The van der Waals surface area contributed by atoms with Gasteiger partial charge in [-0.25, -0.2) is 4.68 Å². The van der Waals surface area contributed by atoms with Gasteiger partial charge in [-0.05, 0) is 22.4 Å². The third-order valence-electron chi connectivity index (χ3n) is 2.27. The van der Waals surface area contributed by atoms with Gasteiger partial charge in [0, 0.05) is 14.1 Å². The second-order valence-electron chi connectivity index (χ2n) is 3.72. The molecule has 0 aliphatic heterocycles. The van der Waals surface area contributed by atoms with Crippen molar-refractivity contribution in [3.63, 3.8) is 0 Å². The zero-order valence-electron chi connectivity index (χ0n) is 10.9. The first-order valence-corrected chi connectivity index (χ1v) is 6.57. The van der Waals surface area contributed by atoms with Gasteiger partial charge in [-0.3, -0.25) is 0 Å². The highest BCUT2D eigenvalue weighted by atomic mass is 79.9. The molecule has 0 saturated heterocycles. The van der Waals surface area contributed by atoms with Crippen molar-refractivity contribution in [2.24, 2.45) is 7.05 Å². The van der Waals surface area contributed by atoms with E-state index in [1.54, 1.807) is 18.8 Å². The van der Waals surface area contributed by atoms with E-state index >= 15 is 0 Å². The van der Waals surface area contributed by atoms with Gasteiger partial charge in [0.25, 0.3) is 0 Å². The van der Waals surface area contributed by atoms with Gasteiger partial charge >= 0.3 is 6.01 Å². The molecule has 0 unspecified atom stereocenters. The van der Waals surface area contributed by atoms with Gasteiger partial charge in [0.1, 0.15) is 5.69 Å². The fraction of sp³-hybridized carbons (Fsp3) is 0.500. The summed E-state index contributed by atoms with van der Waals surface area (Å²) >= 11 is 3.32. The molecule has 2 aromatic heterocycles. The van der Waals surface area contributed by atoms with E-state index in [1.165, 1.54) is 0 Å². The zero-order chi connectivity index (χ0) is 13.8. The quantitative estimate of drug-likeness (QED) is 0.883. The lowest BCUT2D eigenvalue weighted by molar-refractivity contribution is 0.292. The first-order valence-electron chi connectivity index (χ1n) is 5.77. The third kappa shape index (κ3) is 2.98. The van der Waals surface area contributed by atoms with Crippen LogP contribution in [0.1, 0.15) is 13.3 Å². The van der Waals surface area contributed by atoms with E-state index in [9.17, 15) is 0 Å². The Balaban J connectivity index is 2.45. The number of aromatic nitrogens is 6. The molecule has 0 aromatic carbocycles. The second kappa shape index (κ2) is 5.91. The molecule has 8 nitrogen and oxygen atoms in total. The van der Waals surface area contributed by atoms with Crippen LogP contribution in [-0.2, 0) is 7.05 Å². The topological polar surface area (TPSA) is 90.6 Å². The largest absolute Gasteiger partial charge is 0.463 e. The van der Waals surface area contributed by atoms with Crippen LogP contribution in [0.3, 0.4) is 0 Å². The van der Waals surface area contributed by atoms with Gasteiger partial charge in [0.2, 0.25) is 5.95 Å². The molecule has 0 atom stereocenters. The van der Waals surface area contributed by atoms with Crippen LogP contribution in [0.4, 0.5) is 5.95 Å². The third-order valence-corrected chi connectivity index (χ3v) is 2.81. The van der Waals surface area contributed by atoms with E-state index in [-0.39, 0.29) is 6.01 Å². The summed E-state index contributed by atoms with van der Waals surface area (Å²) in [4.78, 5) is 12.7. The molecule has 2 rings (SSSR count). The average Bonchev–Trinajstić information content (AvgIpc) is 2.75. The van der Waals surface area contributed by atoms with Crippen molar-refractivity contribution in [3.8, 4) is 17.5 Å². The van der Waals surface area contributed by atoms with Crippen molar-refractivity contribution < 1.29 is 4.74 Å². The normalized spacial score (nSPS) is 10.5. The highest BCUT2D eigenvalue weighted by molar-refractivity contribution is 9.10. The maximum atomic E-state index is 5.45. The van der Waals surface area contributed by atoms with E-state index in [0.29, 0.717) is 28.7 Å². The van der Waals surface area contributed by atoms with Crippen LogP contribution in [0.25, 0.3) is 11.5 Å². The summed E-state index contributed by atoms with van der Waals surface area (Å²) in [5, 5.41) is 10.7. The lowest BCUT2D eigenvalue weighted by Gasteiger charge is -2.07. The van der Waals surface area contributed by atoms with Crippen molar-refractivity contribution in [2.45, 2.75) is 13.3 Å². The highest BCUT2D eigenvalue weighted by Crippen LogP contribution is 2.24. The molecule has 0 spiro atoms. The monoisotopic (exact) mass is 327 g/mol. The van der Waals surface area contributed by atoms with Crippen molar-refractivity contribution in [1.29, 1.82) is 0 Å². The molecule has 0 radical (unpaired) electrons. The Morgan fingerprint density at radius 1 is 1.32 bits per heavy atom. The standard InChI is InChI=1S/C10H14BrN7O/c1-4-5-19-10-14-8(13-9(12-2)15-10)6-7(11)16-17-18(6)3/h4-5H2,1-3H3,(H,12,13,14,15). The number of aryl methyl sites for hydroxylation is 1. The summed E-state index contributed by atoms with van der Waals surface area (Å²) in [6, 6.07) is 0.282. The number of ether oxygens (including phenoxy) is 1. The number of rotatable bonds is 5. The van der Waals surface area contributed by atoms with Crippen molar-refractivity contribution in [3.05, 3.63) is 4.60 Å². The number of nitrogens with zero attached hydrogens (tertiary/aromatic N) is 6. The van der Waals surface area contributed by atoms with Crippen molar-refractivity contribution >= 4 is 21.9 Å². The highest BCUT2D eigenvalue weighted by Gasteiger charge is 2.16. The Kier molecular flexibility index (Phi) is 4.25. The molecule has 0 amide bonds. The maximum absolute atomic E-state index is 5.45. The fourth-order valence-electron chi connectivity index (χ4n) is 1.40. The van der Waals surface area contributed by atoms with E-state index in [1.807, 2.05) is 6.92 Å². The van der Waals surface area contributed by atoms with Gasteiger partial charge in [0.15, 0.2) is 10.4 Å². The van der Waals surface area contributed by atoms with E-state index in [0.717, 1.165) is 6.42 Å². The van der Waals surface area contributed by atoms with Crippen LogP contribution in [0.15, 0.2) is 4.60 Å². The first-order chi connectivity index (χ1) is 9.15. The van der Waals surface area contributed by atoms with E-state index < -0.39 is 0 Å². The molecule has 19 heavy (non-hydrogen) atoms. The molecule has 0 aliphatic rings. The van der Waals surface area contributed by atoms with Crippen LogP contribution in [0.5, 0.6) is 6.01 Å². The van der Waals surface area contributed by atoms with Crippen LogP contribution >= 0.6 is 15.9 Å². The number of hydrogen-bond donors (Lipinski definition) is 1. The molecule has 0 saturated carbocycles. The summed E-state index contributed by atoms with van der Waals surface area (Å²) in [6.45, 7) is 2.57. The van der Waals surface area contributed by atoms with Crippen LogP contribution in [-0.4, -0.2) is 43.6 Å². The lowest BCUT2D eigenvalue weighted by Crippen LogP contribution is -2.07. The minimum atomic E-state index is 0.282. The van der Waals surface area contributed by atoms with Gasteiger partial charge in [-0.2, -0.15) is 15.0 Å². The smallest absolute Gasteiger partial charge is 0.321 e. The predicted molar refractivity (Wildman–Crippen MR) is 72.9 cm³/mol. The van der Waals surface area contributed by atoms with Gasteiger partial charge in [-0.1, -0.05) is 12.1 Å². The van der Waals surface area contributed by atoms with Crippen molar-refractivity contribution in [1.82, 2.24) is 29.9 Å². The number of halogens is 1. The van der Waals surface area contributed by atoms with E-state index in [4.69, 9.17) is 4.74 Å². The Morgan fingerprint density at radius 3 is 2.68 bits per heavy atom. The molecule has 2 heterocycles. The molecule has 1 N–H and O–H groups in total. The van der Waals surface area contributed by atoms with Crippen LogP contribution in [0.2, 0.25) is 0 Å². The lowest BCUT2D eigenvalue weighted by atomic mass is 10.4. The Bertz CT molecular complexity index is 552. The number of nitrogens with one attached hydrogen (secondary N) is 1. The molecule has 0 aliphatic carbocycles. The SMILES string of the molecule is CCCOc1nc(NC)nc(-c2c(Br)nnn2C)n1. The Hall–Kier alpha value is -1.77. The Labute approximate surface area is 118 Å². The van der Waals surface area contributed by atoms with Crippen molar-refractivity contribution in [2.75, 3.05) is 19.0 Å². The second-order valence-corrected chi connectivity index (χ2v) is 4.47. The summed E-state index contributed by atoms with van der Waals surface area (Å²) in [6.07, 6.45) is 0.882. The number of hydrogen-bond acceptors (Lipinski definition) is 7. The predicted octanol–water partition coefficient (Wildman–Crippen LogP) is 1.26. The molecule has 9 heteroatoms. The number of anilines is 1. The summed E-state index contributed by atoms with van der Waals surface area (Å²) in [7, 11) is 3.50. The summed E-state index contributed by atoms with van der Waals surface area (Å²) < 4.78 is 7.61. The molecule has 102 valence electrons. The zero-order valence-corrected chi connectivity index (χ0v) is 12.5.